The second-order valence-corrected chi connectivity index (χ2v) is 5.55. The van der Waals surface area contributed by atoms with Crippen molar-refractivity contribution in [1.29, 1.82) is 0 Å². The maximum Gasteiger partial charge on any atom is 0.227 e. The standard InChI is InChI=1S/C16H17N3O/c1-16(2,18)11-5-3-10(4-6-11)15-19-13-8-7-12(17)9-14(13)20-15/h3-9H,17-18H2,1-2H3. The Labute approximate surface area is 117 Å². The molecule has 2 aromatic carbocycles. The van der Waals surface area contributed by atoms with E-state index in [0.717, 1.165) is 16.6 Å². The van der Waals surface area contributed by atoms with E-state index in [-0.39, 0.29) is 5.54 Å². The van der Waals surface area contributed by atoms with Crippen LogP contribution in [0.1, 0.15) is 19.4 Å². The first kappa shape index (κ1) is 12.7. The largest absolute Gasteiger partial charge is 0.436 e. The van der Waals surface area contributed by atoms with Gasteiger partial charge >= 0.3 is 0 Å². The number of hydrogen-bond donors (Lipinski definition) is 2. The van der Waals surface area contributed by atoms with Gasteiger partial charge in [-0.2, -0.15) is 0 Å². The molecule has 4 N–H and O–H groups in total. The summed E-state index contributed by atoms with van der Waals surface area (Å²) >= 11 is 0. The maximum atomic E-state index is 6.07. The van der Waals surface area contributed by atoms with Crippen molar-refractivity contribution in [2.24, 2.45) is 5.73 Å². The summed E-state index contributed by atoms with van der Waals surface area (Å²) in [6.45, 7) is 3.95. The van der Waals surface area contributed by atoms with Crippen molar-refractivity contribution < 1.29 is 4.42 Å². The fourth-order valence-electron chi connectivity index (χ4n) is 2.11. The van der Waals surface area contributed by atoms with Crippen molar-refractivity contribution in [3.8, 4) is 11.5 Å². The molecule has 102 valence electrons. The van der Waals surface area contributed by atoms with Crippen LogP contribution in [0.15, 0.2) is 46.9 Å². The second kappa shape index (κ2) is 4.35. The molecule has 0 fully saturated rings. The van der Waals surface area contributed by atoms with Crippen LogP contribution in [0.5, 0.6) is 0 Å². The quantitative estimate of drug-likeness (QED) is 0.698. The summed E-state index contributed by atoms with van der Waals surface area (Å²) in [5.74, 6) is 0.590. The number of oxazole rings is 1. The summed E-state index contributed by atoms with van der Waals surface area (Å²) in [5, 5.41) is 0. The molecule has 1 aromatic heterocycles. The zero-order valence-electron chi connectivity index (χ0n) is 11.6. The third kappa shape index (κ3) is 2.26. The smallest absolute Gasteiger partial charge is 0.227 e. The second-order valence-electron chi connectivity index (χ2n) is 5.55. The molecule has 0 radical (unpaired) electrons. The van der Waals surface area contributed by atoms with Crippen molar-refractivity contribution in [3.63, 3.8) is 0 Å². The Morgan fingerprint density at radius 1 is 1.05 bits per heavy atom. The molecule has 0 atom stereocenters. The lowest BCUT2D eigenvalue weighted by Crippen LogP contribution is -2.28. The van der Waals surface area contributed by atoms with Crippen LogP contribution in [-0.4, -0.2) is 4.98 Å². The molecule has 3 rings (SSSR count). The number of rotatable bonds is 2. The maximum absolute atomic E-state index is 6.07. The highest BCUT2D eigenvalue weighted by Gasteiger charge is 2.14. The lowest BCUT2D eigenvalue weighted by Gasteiger charge is -2.18. The molecule has 20 heavy (non-hydrogen) atoms. The van der Waals surface area contributed by atoms with E-state index in [9.17, 15) is 0 Å². The van der Waals surface area contributed by atoms with Crippen LogP contribution in [-0.2, 0) is 5.54 Å². The van der Waals surface area contributed by atoms with Gasteiger partial charge in [-0.1, -0.05) is 12.1 Å². The number of nitrogens with two attached hydrogens (primary N) is 2. The molecule has 0 bridgehead atoms. The highest BCUT2D eigenvalue weighted by Crippen LogP contribution is 2.27. The molecule has 0 aliphatic rings. The first-order valence-electron chi connectivity index (χ1n) is 6.49. The molecule has 4 nitrogen and oxygen atoms in total. The molecule has 0 unspecified atom stereocenters. The van der Waals surface area contributed by atoms with Crippen LogP contribution in [0, 0.1) is 0 Å². The van der Waals surface area contributed by atoms with Gasteiger partial charge in [0, 0.05) is 22.9 Å². The number of benzene rings is 2. The predicted molar refractivity (Wildman–Crippen MR) is 81.1 cm³/mol. The summed E-state index contributed by atoms with van der Waals surface area (Å²) in [5.41, 5.74) is 15.6. The van der Waals surface area contributed by atoms with Crippen LogP contribution in [0.4, 0.5) is 5.69 Å². The van der Waals surface area contributed by atoms with E-state index in [4.69, 9.17) is 15.9 Å². The van der Waals surface area contributed by atoms with Crippen LogP contribution in [0.25, 0.3) is 22.6 Å². The normalized spacial score (nSPS) is 11.9. The number of nitrogen functional groups attached to an aromatic ring is 1. The number of hydrogen-bond acceptors (Lipinski definition) is 4. The Morgan fingerprint density at radius 2 is 1.75 bits per heavy atom. The topological polar surface area (TPSA) is 78.1 Å². The van der Waals surface area contributed by atoms with E-state index in [2.05, 4.69) is 4.98 Å². The highest BCUT2D eigenvalue weighted by molar-refractivity contribution is 5.79. The van der Waals surface area contributed by atoms with E-state index in [1.807, 2.05) is 50.2 Å². The van der Waals surface area contributed by atoms with E-state index in [1.54, 1.807) is 6.07 Å². The lowest BCUT2D eigenvalue weighted by atomic mass is 9.95. The van der Waals surface area contributed by atoms with Gasteiger partial charge in [-0.05, 0) is 43.7 Å². The molecule has 0 saturated heterocycles. The number of nitrogens with zero attached hydrogens (tertiary/aromatic N) is 1. The molecule has 3 aromatic rings. The van der Waals surface area contributed by atoms with E-state index in [0.29, 0.717) is 17.2 Å². The van der Waals surface area contributed by atoms with E-state index in [1.165, 1.54) is 0 Å². The monoisotopic (exact) mass is 267 g/mol. The van der Waals surface area contributed by atoms with Gasteiger partial charge in [0.2, 0.25) is 5.89 Å². The van der Waals surface area contributed by atoms with Crippen molar-refractivity contribution in [3.05, 3.63) is 48.0 Å². The average Bonchev–Trinajstić information content (AvgIpc) is 2.80. The third-order valence-electron chi connectivity index (χ3n) is 3.29. The summed E-state index contributed by atoms with van der Waals surface area (Å²) in [7, 11) is 0. The van der Waals surface area contributed by atoms with Crippen LogP contribution < -0.4 is 11.5 Å². The Balaban J connectivity index is 2.02. The Hall–Kier alpha value is -2.33. The molecule has 0 aliphatic heterocycles. The van der Waals surface area contributed by atoms with Gasteiger partial charge in [-0.3, -0.25) is 0 Å². The van der Waals surface area contributed by atoms with Crippen molar-refractivity contribution in [2.45, 2.75) is 19.4 Å². The minimum Gasteiger partial charge on any atom is -0.436 e. The molecule has 0 amide bonds. The highest BCUT2D eigenvalue weighted by atomic mass is 16.3. The minimum atomic E-state index is -0.353. The van der Waals surface area contributed by atoms with Gasteiger partial charge in [0.25, 0.3) is 0 Å². The molecular formula is C16H17N3O. The van der Waals surface area contributed by atoms with Gasteiger partial charge in [-0.15, -0.1) is 0 Å². The summed E-state index contributed by atoms with van der Waals surface area (Å²) in [6, 6.07) is 13.4. The molecule has 1 heterocycles. The number of aromatic nitrogens is 1. The number of fused-ring (bicyclic) bond motifs is 1. The fraction of sp³-hybridized carbons (Fsp3) is 0.188. The SMILES string of the molecule is CC(C)(N)c1ccc(-c2nc3ccc(N)cc3o2)cc1. The van der Waals surface area contributed by atoms with Crippen LogP contribution in [0.2, 0.25) is 0 Å². The molecular weight excluding hydrogens is 250 g/mol. The molecule has 0 aliphatic carbocycles. The molecule has 0 spiro atoms. The molecule has 0 saturated carbocycles. The molecule has 4 heteroatoms. The van der Waals surface area contributed by atoms with Crippen LogP contribution >= 0.6 is 0 Å². The zero-order chi connectivity index (χ0) is 14.3. The lowest BCUT2D eigenvalue weighted by molar-refractivity contribution is 0.554. The summed E-state index contributed by atoms with van der Waals surface area (Å²) < 4.78 is 5.74. The van der Waals surface area contributed by atoms with Crippen LogP contribution in [0.3, 0.4) is 0 Å². The van der Waals surface area contributed by atoms with Gasteiger partial charge in [-0.25, -0.2) is 4.98 Å². The first-order valence-corrected chi connectivity index (χ1v) is 6.49. The fourth-order valence-corrected chi connectivity index (χ4v) is 2.11. The van der Waals surface area contributed by atoms with Crippen molar-refractivity contribution >= 4 is 16.8 Å². The van der Waals surface area contributed by atoms with E-state index < -0.39 is 0 Å². The Kier molecular flexibility index (Phi) is 2.76. The van der Waals surface area contributed by atoms with E-state index >= 15 is 0 Å². The van der Waals surface area contributed by atoms with Gasteiger partial charge in [0.05, 0.1) is 0 Å². The Bertz CT molecular complexity index is 751. The first-order chi connectivity index (χ1) is 9.43. The third-order valence-corrected chi connectivity index (χ3v) is 3.29. The predicted octanol–water partition coefficient (Wildman–Crippen LogP) is 3.27. The van der Waals surface area contributed by atoms with Gasteiger partial charge < -0.3 is 15.9 Å². The van der Waals surface area contributed by atoms with Crippen molar-refractivity contribution in [2.75, 3.05) is 5.73 Å². The van der Waals surface area contributed by atoms with Gasteiger partial charge in [0.1, 0.15) is 5.52 Å². The Morgan fingerprint density at radius 3 is 2.40 bits per heavy atom. The van der Waals surface area contributed by atoms with Crippen molar-refractivity contribution in [1.82, 2.24) is 4.98 Å². The minimum absolute atomic E-state index is 0.353. The zero-order valence-corrected chi connectivity index (χ0v) is 11.6. The van der Waals surface area contributed by atoms with Gasteiger partial charge in [0.15, 0.2) is 5.58 Å². The average molecular weight is 267 g/mol. The summed E-state index contributed by atoms with van der Waals surface area (Å²) in [6.07, 6.45) is 0. The summed E-state index contributed by atoms with van der Waals surface area (Å²) in [4.78, 5) is 4.46. The number of anilines is 1.